The fourth-order valence-electron chi connectivity index (χ4n) is 6.34. The number of carbonyl (C=O) groups excluding carboxylic acids is 2. The van der Waals surface area contributed by atoms with Gasteiger partial charge in [0.25, 0.3) is 17.7 Å². The van der Waals surface area contributed by atoms with E-state index in [-0.39, 0.29) is 48.8 Å². The van der Waals surface area contributed by atoms with E-state index in [0.717, 1.165) is 64.4 Å². The number of aromatic nitrogens is 2. The van der Waals surface area contributed by atoms with Crippen LogP contribution in [0.25, 0.3) is 0 Å². The molecule has 2 atom stereocenters. The molecule has 2 aliphatic heterocycles. The maximum absolute atomic E-state index is 15.3. The number of halogens is 2. The Morgan fingerprint density at radius 3 is 2.62 bits per heavy atom. The number of rotatable bonds is 11. The van der Waals surface area contributed by atoms with E-state index >= 15 is 8.78 Å². The van der Waals surface area contributed by atoms with Crippen molar-refractivity contribution in [1.29, 1.82) is 0 Å². The first-order chi connectivity index (χ1) is 21.7. The topological polar surface area (TPSA) is 132 Å². The number of amides is 2. The maximum Gasteiger partial charge on any atom is 0.285 e. The number of oxime groups is 1. The molecule has 4 aliphatic rings. The summed E-state index contributed by atoms with van der Waals surface area (Å²) >= 11 is 0. The number of fused-ring (bicyclic) bond motifs is 1. The Hall–Kier alpha value is -3.71. The molecular formula is C32H41F2N7O4. The van der Waals surface area contributed by atoms with Gasteiger partial charge in [0.1, 0.15) is 29.7 Å². The molecular weight excluding hydrogens is 584 g/mol. The summed E-state index contributed by atoms with van der Waals surface area (Å²) in [6.07, 6.45) is 6.78. The van der Waals surface area contributed by atoms with Crippen LogP contribution in [0.3, 0.4) is 0 Å². The molecule has 3 fully saturated rings. The second-order valence-electron chi connectivity index (χ2n) is 12.6. The van der Waals surface area contributed by atoms with E-state index < -0.39 is 36.4 Å². The summed E-state index contributed by atoms with van der Waals surface area (Å²) < 4.78 is 30.7. The molecule has 45 heavy (non-hydrogen) atoms. The van der Waals surface area contributed by atoms with Gasteiger partial charge in [-0.25, -0.2) is 18.7 Å². The van der Waals surface area contributed by atoms with Gasteiger partial charge >= 0.3 is 0 Å². The van der Waals surface area contributed by atoms with Crippen LogP contribution >= 0.6 is 0 Å². The molecule has 2 amide bonds. The predicted molar refractivity (Wildman–Crippen MR) is 163 cm³/mol. The third-order valence-electron chi connectivity index (χ3n) is 9.07. The number of benzene rings is 1. The van der Waals surface area contributed by atoms with Gasteiger partial charge in [-0.2, -0.15) is 0 Å². The molecule has 242 valence electrons. The Morgan fingerprint density at radius 1 is 1.09 bits per heavy atom. The van der Waals surface area contributed by atoms with Crippen molar-refractivity contribution in [2.45, 2.75) is 82.1 Å². The number of aliphatic hydroxyl groups excluding tert-OH is 1. The zero-order chi connectivity index (χ0) is 31.4. The van der Waals surface area contributed by atoms with Crippen LogP contribution in [0.4, 0.5) is 14.6 Å². The lowest BCUT2D eigenvalue weighted by molar-refractivity contribution is -0.136. The van der Waals surface area contributed by atoms with Gasteiger partial charge in [-0.3, -0.25) is 14.5 Å². The zero-order valence-corrected chi connectivity index (χ0v) is 25.3. The van der Waals surface area contributed by atoms with Crippen molar-refractivity contribution in [2.24, 2.45) is 11.1 Å². The van der Waals surface area contributed by atoms with Gasteiger partial charge < -0.3 is 25.5 Å². The lowest BCUT2D eigenvalue weighted by Gasteiger charge is -2.38. The molecule has 3 N–H and O–H groups in total. The monoisotopic (exact) mass is 625 g/mol. The van der Waals surface area contributed by atoms with E-state index in [0.29, 0.717) is 6.54 Å². The van der Waals surface area contributed by atoms with Crippen LogP contribution < -0.4 is 10.6 Å². The summed E-state index contributed by atoms with van der Waals surface area (Å²) in [5.41, 5.74) is 2.81. The van der Waals surface area contributed by atoms with Crippen LogP contribution in [0.1, 0.15) is 66.6 Å². The van der Waals surface area contributed by atoms with E-state index in [2.05, 4.69) is 42.8 Å². The van der Waals surface area contributed by atoms with Crippen molar-refractivity contribution >= 4 is 23.3 Å². The largest absolute Gasteiger partial charge is 0.392 e. The average molecular weight is 626 g/mol. The van der Waals surface area contributed by atoms with Crippen molar-refractivity contribution in [1.82, 2.24) is 25.1 Å². The molecule has 0 radical (unpaired) electrons. The Balaban J connectivity index is 0.991. The second-order valence-corrected chi connectivity index (χ2v) is 12.6. The number of piperidine rings is 1. The Morgan fingerprint density at radius 2 is 1.87 bits per heavy atom. The number of anilines is 1. The Kier molecular flexibility index (Phi) is 9.55. The van der Waals surface area contributed by atoms with Crippen LogP contribution in [0.15, 0.2) is 41.8 Å². The highest BCUT2D eigenvalue weighted by Crippen LogP contribution is 2.35. The number of alkyl halides is 2. The van der Waals surface area contributed by atoms with Gasteiger partial charge in [-0.05, 0) is 62.5 Å². The summed E-state index contributed by atoms with van der Waals surface area (Å²) in [5, 5.41) is 20.1. The highest BCUT2D eigenvalue weighted by molar-refractivity contribution is 6.40. The number of nitrogens with zero attached hydrogens (tertiary/aromatic N) is 5. The third kappa shape index (κ3) is 7.93. The summed E-state index contributed by atoms with van der Waals surface area (Å²) in [6, 6.07) is 8.26. The number of carbonyl (C=O) groups is 2. The van der Waals surface area contributed by atoms with Crippen molar-refractivity contribution in [3.8, 4) is 0 Å². The lowest BCUT2D eigenvalue weighted by atomic mass is 9.99. The van der Waals surface area contributed by atoms with Crippen molar-refractivity contribution in [3.05, 3.63) is 53.5 Å². The van der Waals surface area contributed by atoms with E-state index in [1.807, 2.05) is 12.1 Å². The quantitative estimate of drug-likeness (QED) is 0.257. The van der Waals surface area contributed by atoms with Gasteiger partial charge in [-0.15, -0.1) is 0 Å². The SMILES string of the molecule is O=C(NCC(O)CN1CCc2ccccc2C1)c1cc(NC2CCN(C(=O)C(=NOC3CCCC3)C3CC3)CC2(F)F)ncn1. The molecule has 2 unspecified atom stereocenters. The standard InChI is InChI=1S/C32H41F2N7O4/c33-32(34)19-41(31(44)29(22-9-10-22)39-45-25-7-3-4-8-25)14-12-27(32)38-28-15-26(36-20-37-28)30(43)35-16-24(42)18-40-13-11-21-5-1-2-6-23(21)17-40/h1-2,5-6,15,20,22,24-25,27,42H,3-4,7-14,16-19H2,(H,35,43)(H,36,37,38). The molecule has 2 aliphatic carbocycles. The molecule has 1 aromatic carbocycles. The number of aliphatic hydroxyl groups is 1. The number of β-amino-alcohol motifs (C(OH)–C–C–N with tert-alkyl or cyclic N) is 1. The predicted octanol–water partition coefficient (Wildman–Crippen LogP) is 3.00. The molecule has 1 saturated heterocycles. The lowest BCUT2D eigenvalue weighted by Crippen LogP contribution is -2.57. The average Bonchev–Trinajstić information content (AvgIpc) is 3.74. The summed E-state index contributed by atoms with van der Waals surface area (Å²) in [6.45, 7) is 1.36. The second kappa shape index (κ2) is 13.7. The van der Waals surface area contributed by atoms with E-state index in [1.165, 1.54) is 22.1 Å². The Labute approximate surface area is 261 Å². The third-order valence-corrected chi connectivity index (χ3v) is 9.07. The van der Waals surface area contributed by atoms with Gasteiger partial charge in [0.15, 0.2) is 0 Å². The number of hydrogen-bond donors (Lipinski definition) is 3. The molecule has 13 heteroatoms. The van der Waals surface area contributed by atoms with Crippen LogP contribution in [0.2, 0.25) is 0 Å². The first kappa shape index (κ1) is 31.3. The molecule has 2 aromatic rings. The zero-order valence-electron chi connectivity index (χ0n) is 25.3. The first-order valence-electron chi connectivity index (χ1n) is 16.0. The molecule has 0 bridgehead atoms. The van der Waals surface area contributed by atoms with Crippen LogP contribution in [0.5, 0.6) is 0 Å². The highest BCUT2D eigenvalue weighted by atomic mass is 19.3. The highest BCUT2D eigenvalue weighted by Gasteiger charge is 2.48. The van der Waals surface area contributed by atoms with Crippen LogP contribution in [-0.2, 0) is 22.6 Å². The minimum absolute atomic E-state index is 0.00456. The van der Waals surface area contributed by atoms with E-state index in [9.17, 15) is 14.7 Å². The molecule has 11 nitrogen and oxygen atoms in total. The van der Waals surface area contributed by atoms with Crippen LogP contribution in [0, 0.1) is 5.92 Å². The minimum atomic E-state index is -3.25. The first-order valence-corrected chi connectivity index (χ1v) is 16.0. The summed E-state index contributed by atoms with van der Waals surface area (Å²) in [7, 11) is 0. The van der Waals surface area contributed by atoms with E-state index in [1.54, 1.807) is 0 Å². The number of nitrogens with one attached hydrogen (secondary N) is 2. The van der Waals surface area contributed by atoms with Crippen molar-refractivity contribution < 1.29 is 28.3 Å². The number of hydrogen-bond acceptors (Lipinski definition) is 9. The number of likely N-dealkylation sites (tertiary alicyclic amines) is 1. The van der Waals surface area contributed by atoms with Gasteiger partial charge in [0.2, 0.25) is 0 Å². The van der Waals surface area contributed by atoms with Crippen LogP contribution in [-0.4, -0.2) is 99.3 Å². The van der Waals surface area contributed by atoms with Gasteiger partial charge in [0.05, 0.1) is 18.7 Å². The van der Waals surface area contributed by atoms with Crippen molar-refractivity contribution in [3.63, 3.8) is 0 Å². The summed E-state index contributed by atoms with van der Waals surface area (Å²) in [4.78, 5) is 43.0. The normalized spacial score (nSPS) is 22.9. The minimum Gasteiger partial charge on any atom is -0.392 e. The molecule has 0 spiro atoms. The molecule has 3 heterocycles. The smallest absolute Gasteiger partial charge is 0.285 e. The fourth-order valence-corrected chi connectivity index (χ4v) is 6.34. The maximum atomic E-state index is 15.3. The van der Waals surface area contributed by atoms with Gasteiger partial charge in [-0.1, -0.05) is 29.4 Å². The summed E-state index contributed by atoms with van der Waals surface area (Å²) in [5.74, 6) is -4.22. The Bertz CT molecular complexity index is 1400. The molecule has 1 aromatic heterocycles. The van der Waals surface area contributed by atoms with Gasteiger partial charge in [0, 0.05) is 44.7 Å². The van der Waals surface area contributed by atoms with Crippen molar-refractivity contribution in [2.75, 3.05) is 38.0 Å². The molecule has 6 rings (SSSR count). The van der Waals surface area contributed by atoms with E-state index in [4.69, 9.17) is 4.84 Å². The molecule has 2 saturated carbocycles. The fraction of sp³-hybridized carbons (Fsp3) is 0.594.